The first-order chi connectivity index (χ1) is 8.69. The molecular formula is C16H23NO. The summed E-state index contributed by atoms with van der Waals surface area (Å²) in [4.78, 5) is 0. The zero-order valence-corrected chi connectivity index (χ0v) is 11.6. The van der Waals surface area contributed by atoms with Crippen LogP contribution < -0.4 is 10.1 Å². The van der Waals surface area contributed by atoms with Crippen molar-refractivity contribution >= 4 is 0 Å². The van der Waals surface area contributed by atoms with Gasteiger partial charge in [0.2, 0.25) is 0 Å². The molecule has 0 aliphatic rings. The molecule has 0 saturated carbocycles. The Bertz CT molecular complexity index is 406. The molecule has 2 nitrogen and oxygen atoms in total. The SMILES string of the molecule is C#CCCCCNC(C)c1ccc(C)cc1OC. The van der Waals surface area contributed by atoms with Crippen LogP contribution in [-0.4, -0.2) is 13.7 Å². The second-order valence-electron chi connectivity index (χ2n) is 4.58. The highest BCUT2D eigenvalue weighted by Crippen LogP contribution is 2.25. The van der Waals surface area contributed by atoms with Gasteiger partial charge in [-0.3, -0.25) is 0 Å². The minimum absolute atomic E-state index is 0.298. The van der Waals surface area contributed by atoms with E-state index in [0.717, 1.165) is 31.6 Å². The summed E-state index contributed by atoms with van der Waals surface area (Å²) in [6, 6.07) is 6.62. The molecule has 1 N–H and O–H groups in total. The molecule has 0 amide bonds. The average Bonchev–Trinajstić information content (AvgIpc) is 2.38. The van der Waals surface area contributed by atoms with Gasteiger partial charge >= 0.3 is 0 Å². The lowest BCUT2D eigenvalue weighted by Gasteiger charge is -2.17. The first-order valence-corrected chi connectivity index (χ1v) is 6.50. The lowest BCUT2D eigenvalue weighted by atomic mass is 10.0. The Hall–Kier alpha value is -1.46. The van der Waals surface area contributed by atoms with Crippen LogP contribution in [0, 0.1) is 19.3 Å². The maximum Gasteiger partial charge on any atom is 0.123 e. The number of aryl methyl sites for hydroxylation is 1. The third-order valence-electron chi connectivity index (χ3n) is 3.05. The third-order valence-corrected chi connectivity index (χ3v) is 3.05. The number of rotatable bonds is 7. The molecule has 0 heterocycles. The lowest BCUT2D eigenvalue weighted by molar-refractivity contribution is 0.401. The number of nitrogens with one attached hydrogen (secondary N) is 1. The fraction of sp³-hybridized carbons (Fsp3) is 0.500. The van der Waals surface area contributed by atoms with E-state index in [1.807, 2.05) is 0 Å². The molecule has 0 aliphatic carbocycles. The summed E-state index contributed by atoms with van der Waals surface area (Å²) in [7, 11) is 1.72. The first-order valence-electron chi connectivity index (χ1n) is 6.50. The highest BCUT2D eigenvalue weighted by Gasteiger charge is 2.10. The van der Waals surface area contributed by atoms with Gasteiger partial charge in [0.25, 0.3) is 0 Å². The van der Waals surface area contributed by atoms with Crippen molar-refractivity contribution in [1.82, 2.24) is 5.32 Å². The Labute approximate surface area is 111 Å². The predicted octanol–water partition coefficient (Wildman–Crippen LogP) is 3.46. The van der Waals surface area contributed by atoms with E-state index < -0.39 is 0 Å². The Balaban J connectivity index is 2.51. The zero-order chi connectivity index (χ0) is 13.4. The molecule has 1 aromatic rings. The van der Waals surface area contributed by atoms with Gasteiger partial charge in [0.05, 0.1) is 7.11 Å². The predicted molar refractivity (Wildman–Crippen MR) is 76.8 cm³/mol. The Morgan fingerprint density at radius 3 is 2.83 bits per heavy atom. The number of hydrogen-bond acceptors (Lipinski definition) is 2. The maximum absolute atomic E-state index is 5.43. The Morgan fingerprint density at radius 2 is 2.17 bits per heavy atom. The van der Waals surface area contributed by atoms with Gasteiger partial charge in [-0.15, -0.1) is 12.3 Å². The highest BCUT2D eigenvalue weighted by atomic mass is 16.5. The van der Waals surface area contributed by atoms with Crippen molar-refractivity contribution < 1.29 is 4.74 Å². The molecule has 0 bridgehead atoms. The van der Waals surface area contributed by atoms with E-state index in [2.05, 4.69) is 43.3 Å². The number of methoxy groups -OCH3 is 1. The number of ether oxygens (including phenoxy) is 1. The van der Waals surface area contributed by atoms with E-state index in [1.165, 1.54) is 11.1 Å². The molecule has 1 rings (SSSR count). The number of benzene rings is 1. The van der Waals surface area contributed by atoms with Gasteiger partial charge in [-0.25, -0.2) is 0 Å². The van der Waals surface area contributed by atoms with Crippen LogP contribution in [0.5, 0.6) is 5.75 Å². The molecule has 0 fully saturated rings. The average molecular weight is 245 g/mol. The largest absolute Gasteiger partial charge is 0.496 e. The summed E-state index contributed by atoms with van der Waals surface area (Å²) in [6.07, 6.45) is 8.29. The molecule has 1 atom stereocenters. The van der Waals surface area contributed by atoms with E-state index in [-0.39, 0.29) is 0 Å². The lowest BCUT2D eigenvalue weighted by Crippen LogP contribution is -2.20. The minimum atomic E-state index is 0.298. The molecule has 0 radical (unpaired) electrons. The Morgan fingerprint density at radius 1 is 1.39 bits per heavy atom. The van der Waals surface area contributed by atoms with Crippen molar-refractivity contribution in [2.24, 2.45) is 0 Å². The van der Waals surface area contributed by atoms with Crippen molar-refractivity contribution in [3.8, 4) is 18.1 Å². The molecule has 2 heteroatoms. The van der Waals surface area contributed by atoms with E-state index in [0.29, 0.717) is 6.04 Å². The van der Waals surface area contributed by atoms with Gasteiger partial charge in [-0.1, -0.05) is 12.1 Å². The van der Waals surface area contributed by atoms with Crippen molar-refractivity contribution in [2.75, 3.05) is 13.7 Å². The molecular weight excluding hydrogens is 222 g/mol. The quantitative estimate of drug-likeness (QED) is 0.587. The molecule has 0 aliphatic heterocycles. The second kappa shape index (κ2) is 7.79. The number of unbranched alkanes of at least 4 members (excludes halogenated alkanes) is 2. The van der Waals surface area contributed by atoms with Crippen LogP contribution in [0.3, 0.4) is 0 Å². The van der Waals surface area contributed by atoms with Gasteiger partial charge in [0, 0.05) is 18.0 Å². The van der Waals surface area contributed by atoms with Crippen molar-refractivity contribution in [3.05, 3.63) is 29.3 Å². The number of hydrogen-bond donors (Lipinski definition) is 1. The van der Waals surface area contributed by atoms with E-state index in [9.17, 15) is 0 Å². The summed E-state index contributed by atoms with van der Waals surface area (Å²) in [6.45, 7) is 5.22. The molecule has 0 spiro atoms. The fourth-order valence-electron chi connectivity index (χ4n) is 1.96. The summed E-state index contributed by atoms with van der Waals surface area (Å²) >= 11 is 0. The van der Waals surface area contributed by atoms with Crippen LogP contribution >= 0.6 is 0 Å². The van der Waals surface area contributed by atoms with Gasteiger partial charge in [-0.2, -0.15) is 0 Å². The van der Waals surface area contributed by atoms with Crippen LogP contribution in [0.15, 0.2) is 18.2 Å². The molecule has 1 aromatic carbocycles. The maximum atomic E-state index is 5.43. The standard InChI is InChI=1S/C16H23NO/c1-5-6-7-8-11-17-14(3)15-10-9-13(2)12-16(15)18-4/h1,9-10,12,14,17H,6-8,11H2,2-4H3. The summed E-state index contributed by atoms with van der Waals surface area (Å²) in [5, 5.41) is 3.50. The normalized spacial score (nSPS) is 11.9. The monoisotopic (exact) mass is 245 g/mol. The van der Waals surface area contributed by atoms with Gasteiger partial charge < -0.3 is 10.1 Å². The topological polar surface area (TPSA) is 21.3 Å². The summed E-state index contributed by atoms with van der Waals surface area (Å²) in [5.41, 5.74) is 2.43. The van der Waals surface area contributed by atoms with Crippen molar-refractivity contribution in [1.29, 1.82) is 0 Å². The van der Waals surface area contributed by atoms with Crippen molar-refractivity contribution in [3.63, 3.8) is 0 Å². The van der Waals surface area contributed by atoms with E-state index in [4.69, 9.17) is 11.2 Å². The van der Waals surface area contributed by atoms with Crippen LogP contribution in [0.1, 0.15) is 43.4 Å². The highest BCUT2D eigenvalue weighted by molar-refractivity contribution is 5.38. The fourth-order valence-corrected chi connectivity index (χ4v) is 1.96. The minimum Gasteiger partial charge on any atom is -0.496 e. The number of terminal acetylenes is 1. The van der Waals surface area contributed by atoms with Crippen LogP contribution in [0.2, 0.25) is 0 Å². The molecule has 0 aromatic heterocycles. The van der Waals surface area contributed by atoms with E-state index >= 15 is 0 Å². The second-order valence-corrected chi connectivity index (χ2v) is 4.58. The van der Waals surface area contributed by atoms with Gasteiger partial charge in [-0.05, 0) is 44.9 Å². The van der Waals surface area contributed by atoms with Crippen LogP contribution in [-0.2, 0) is 0 Å². The summed E-state index contributed by atoms with van der Waals surface area (Å²) < 4.78 is 5.43. The van der Waals surface area contributed by atoms with Crippen LogP contribution in [0.25, 0.3) is 0 Å². The van der Waals surface area contributed by atoms with E-state index in [1.54, 1.807) is 7.11 Å². The smallest absolute Gasteiger partial charge is 0.123 e. The molecule has 98 valence electrons. The van der Waals surface area contributed by atoms with Crippen molar-refractivity contribution in [2.45, 2.75) is 39.2 Å². The van der Waals surface area contributed by atoms with Crippen LogP contribution in [0.4, 0.5) is 0 Å². The molecule has 1 unspecified atom stereocenters. The van der Waals surface area contributed by atoms with Gasteiger partial charge in [0.15, 0.2) is 0 Å². The molecule has 0 saturated heterocycles. The Kier molecular flexibility index (Phi) is 6.32. The first kappa shape index (κ1) is 14.6. The third kappa shape index (κ3) is 4.43. The van der Waals surface area contributed by atoms with Gasteiger partial charge in [0.1, 0.15) is 5.75 Å². The zero-order valence-electron chi connectivity index (χ0n) is 11.6. The summed E-state index contributed by atoms with van der Waals surface area (Å²) in [5.74, 6) is 3.62. The molecule has 18 heavy (non-hydrogen) atoms.